The van der Waals surface area contributed by atoms with Crippen molar-refractivity contribution in [2.75, 3.05) is 32.8 Å². The van der Waals surface area contributed by atoms with E-state index in [1.807, 2.05) is 12.3 Å². The van der Waals surface area contributed by atoms with E-state index in [0.29, 0.717) is 18.5 Å². The normalized spacial score (nSPS) is 22.6. The first-order valence-electron chi connectivity index (χ1n) is 11.9. The zero-order chi connectivity index (χ0) is 21.0. The zero-order valence-corrected chi connectivity index (χ0v) is 18.4. The molecule has 1 aromatic carbocycles. The number of carbonyl (C=O) groups excluding carboxylic acids is 1. The Morgan fingerprint density at radius 1 is 1.06 bits per heavy atom. The van der Waals surface area contributed by atoms with Crippen molar-refractivity contribution in [1.82, 2.24) is 19.6 Å². The fraction of sp³-hybridized carbons (Fsp3) is 0.600. The van der Waals surface area contributed by atoms with Crippen molar-refractivity contribution in [2.45, 2.75) is 57.2 Å². The number of aromatic nitrogens is 2. The number of hydrogen-bond donors (Lipinski definition) is 0. The molecule has 166 valence electrons. The monoisotopic (exact) mass is 422 g/mol. The number of fused-ring (bicyclic) bond motifs is 1. The Bertz CT molecular complexity index is 829. The average Bonchev–Trinajstić information content (AvgIpc) is 3.55. The van der Waals surface area contributed by atoms with E-state index < -0.39 is 0 Å². The fourth-order valence-electron chi connectivity index (χ4n) is 5.55. The Labute approximate surface area is 185 Å². The van der Waals surface area contributed by atoms with E-state index in [4.69, 9.17) is 4.74 Å². The lowest BCUT2D eigenvalue weighted by Gasteiger charge is -2.38. The molecular formula is C25H34N4O2. The average molecular weight is 423 g/mol. The third-order valence-electron chi connectivity index (χ3n) is 7.33. The van der Waals surface area contributed by atoms with Crippen LogP contribution in [0.25, 0.3) is 0 Å². The van der Waals surface area contributed by atoms with Gasteiger partial charge in [-0.3, -0.25) is 14.4 Å². The van der Waals surface area contributed by atoms with Gasteiger partial charge in [0.05, 0.1) is 6.10 Å². The molecule has 6 heteroatoms. The molecule has 0 unspecified atom stereocenters. The van der Waals surface area contributed by atoms with Crippen LogP contribution in [0, 0.1) is 5.92 Å². The summed E-state index contributed by atoms with van der Waals surface area (Å²) in [6.45, 7) is 5.00. The number of benzene rings is 1. The molecule has 0 saturated carbocycles. The highest BCUT2D eigenvalue weighted by Crippen LogP contribution is 2.29. The van der Waals surface area contributed by atoms with Gasteiger partial charge in [-0.1, -0.05) is 24.3 Å². The van der Waals surface area contributed by atoms with Crippen LogP contribution in [0.3, 0.4) is 0 Å². The highest BCUT2D eigenvalue weighted by Gasteiger charge is 2.31. The van der Waals surface area contributed by atoms with Crippen LogP contribution in [0.1, 0.15) is 36.8 Å². The summed E-state index contributed by atoms with van der Waals surface area (Å²) >= 11 is 0. The number of amides is 1. The molecule has 3 aliphatic rings. The number of nitrogens with zero attached hydrogens (tertiary/aromatic N) is 4. The van der Waals surface area contributed by atoms with E-state index in [-0.39, 0.29) is 12.0 Å². The van der Waals surface area contributed by atoms with Gasteiger partial charge in [-0.05, 0) is 74.7 Å². The van der Waals surface area contributed by atoms with E-state index in [2.05, 4.69) is 39.2 Å². The molecule has 0 spiro atoms. The van der Waals surface area contributed by atoms with Gasteiger partial charge in [0.15, 0.2) is 0 Å². The molecule has 2 saturated heterocycles. The first-order valence-corrected chi connectivity index (χ1v) is 11.9. The molecular weight excluding hydrogens is 388 g/mol. The minimum atomic E-state index is 0.160. The first kappa shape index (κ1) is 20.7. The number of ether oxygens (including phenoxy) is 1. The predicted molar refractivity (Wildman–Crippen MR) is 120 cm³/mol. The largest absolute Gasteiger partial charge is 0.376 e. The van der Waals surface area contributed by atoms with Gasteiger partial charge in [-0.2, -0.15) is 5.10 Å². The minimum Gasteiger partial charge on any atom is -0.376 e. The highest BCUT2D eigenvalue weighted by molar-refractivity contribution is 5.76. The Hall–Kier alpha value is -2.18. The van der Waals surface area contributed by atoms with E-state index in [0.717, 1.165) is 45.6 Å². The molecule has 1 amide bonds. The van der Waals surface area contributed by atoms with Crippen molar-refractivity contribution in [2.24, 2.45) is 5.92 Å². The molecule has 5 rings (SSSR count). The van der Waals surface area contributed by atoms with Gasteiger partial charge in [-0.25, -0.2) is 0 Å². The third-order valence-corrected chi connectivity index (χ3v) is 7.33. The van der Waals surface area contributed by atoms with Crippen molar-refractivity contribution in [3.63, 3.8) is 0 Å². The Balaban J connectivity index is 1.15. The van der Waals surface area contributed by atoms with Crippen LogP contribution in [0.15, 0.2) is 42.7 Å². The Morgan fingerprint density at radius 2 is 1.84 bits per heavy atom. The van der Waals surface area contributed by atoms with Gasteiger partial charge in [0.2, 0.25) is 5.91 Å². The lowest BCUT2D eigenvalue weighted by molar-refractivity contribution is -0.134. The first-order chi connectivity index (χ1) is 15.2. The van der Waals surface area contributed by atoms with Crippen LogP contribution in [0.2, 0.25) is 0 Å². The van der Waals surface area contributed by atoms with Crippen molar-refractivity contribution in [3.8, 4) is 0 Å². The SMILES string of the molecule is O=C(Cn1cccn1)N(CC1CCN(C2Cc3ccccc3C2)CC1)C[C@@H]1CCCO1. The zero-order valence-electron chi connectivity index (χ0n) is 18.4. The summed E-state index contributed by atoms with van der Waals surface area (Å²) in [7, 11) is 0. The van der Waals surface area contributed by atoms with E-state index in [1.165, 1.54) is 36.8 Å². The second-order valence-corrected chi connectivity index (χ2v) is 9.45. The quantitative estimate of drug-likeness (QED) is 0.689. The molecule has 2 aliphatic heterocycles. The van der Waals surface area contributed by atoms with Gasteiger partial charge in [0.1, 0.15) is 6.54 Å². The Kier molecular flexibility index (Phi) is 6.37. The van der Waals surface area contributed by atoms with Crippen LogP contribution in [-0.4, -0.2) is 70.4 Å². The fourth-order valence-corrected chi connectivity index (χ4v) is 5.55. The number of piperidine rings is 1. The molecule has 2 aromatic rings. The lowest BCUT2D eigenvalue weighted by Crippen LogP contribution is -2.46. The van der Waals surface area contributed by atoms with E-state index in [1.54, 1.807) is 10.9 Å². The number of rotatable bonds is 7. The summed E-state index contributed by atoms with van der Waals surface area (Å²) in [5, 5.41) is 4.22. The van der Waals surface area contributed by atoms with Gasteiger partial charge < -0.3 is 9.64 Å². The maximum atomic E-state index is 13.1. The van der Waals surface area contributed by atoms with Crippen LogP contribution in [0.4, 0.5) is 0 Å². The topological polar surface area (TPSA) is 50.6 Å². The molecule has 1 atom stereocenters. The van der Waals surface area contributed by atoms with Crippen LogP contribution in [0.5, 0.6) is 0 Å². The summed E-state index contributed by atoms with van der Waals surface area (Å²) in [5.74, 6) is 0.732. The Morgan fingerprint density at radius 3 is 2.48 bits per heavy atom. The van der Waals surface area contributed by atoms with Crippen molar-refractivity contribution < 1.29 is 9.53 Å². The van der Waals surface area contributed by atoms with E-state index >= 15 is 0 Å². The summed E-state index contributed by atoms with van der Waals surface area (Å²) < 4.78 is 7.58. The number of likely N-dealkylation sites (tertiary alicyclic amines) is 1. The standard InChI is InChI=1S/C25H34N4O2/c30-25(19-29-11-4-10-26-29)28(18-24-7-3-14-31-24)17-20-8-12-27(13-9-20)23-15-21-5-1-2-6-22(21)16-23/h1-2,4-6,10-11,20,23-24H,3,7-9,12-19H2/t24-/m0/s1. The molecule has 2 fully saturated rings. The smallest absolute Gasteiger partial charge is 0.244 e. The minimum absolute atomic E-state index is 0.160. The summed E-state index contributed by atoms with van der Waals surface area (Å²) in [5.41, 5.74) is 3.06. The predicted octanol–water partition coefficient (Wildman–Crippen LogP) is 2.77. The van der Waals surface area contributed by atoms with Crippen LogP contribution < -0.4 is 0 Å². The summed E-state index contributed by atoms with van der Waals surface area (Å²) in [6.07, 6.45) is 10.7. The maximum absolute atomic E-state index is 13.1. The number of hydrogen-bond acceptors (Lipinski definition) is 4. The van der Waals surface area contributed by atoms with Crippen LogP contribution in [-0.2, 0) is 28.9 Å². The van der Waals surface area contributed by atoms with Crippen molar-refractivity contribution >= 4 is 5.91 Å². The molecule has 1 aliphatic carbocycles. The second kappa shape index (κ2) is 9.53. The highest BCUT2D eigenvalue weighted by atomic mass is 16.5. The van der Waals surface area contributed by atoms with Crippen molar-refractivity contribution in [1.29, 1.82) is 0 Å². The van der Waals surface area contributed by atoms with Gasteiger partial charge in [0.25, 0.3) is 0 Å². The summed E-state index contributed by atoms with van der Waals surface area (Å²) in [6, 6.07) is 11.4. The molecule has 0 N–H and O–H groups in total. The molecule has 3 heterocycles. The van der Waals surface area contributed by atoms with Gasteiger partial charge >= 0.3 is 0 Å². The number of carbonyl (C=O) groups is 1. The van der Waals surface area contributed by atoms with E-state index in [9.17, 15) is 4.79 Å². The maximum Gasteiger partial charge on any atom is 0.244 e. The molecule has 0 radical (unpaired) electrons. The molecule has 6 nitrogen and oxygen atoms in total. The molecule has 1 aromatic heterocycles. The van der Waals surface area contributed by atoms with Crippen molar-refractivity contribution in [3.05, 3.63) is 53.9 Å². The molecule has 31 heavy (non-hydrogen) atoms. The summed E-state index contributed by atoms with van der Waals surface area (Å²) in [4.78, 5) is 17.8. The van der Waals surface area contributed by atoms with Gasteiger partial charge in [-0.15, -0.1) is 0 Å². The second-order valence-electron chi connectivity index (χ2n) is 9.45. The third kappa shape index (κ3) is 5.01. The molecule has 0 bridgehead atoms. The van der Waals surface area contributed by atoms with Gasteiger partial charge in [0, 0.05) is 38.1 Å². The lowest BCUT2D eigenvalue weighted by atomic mass is 9.94. The van der Waals surface area contributed by atoms with Crippen LogP contribution >= 0.6 is 0 Å².